The lowest BCUT2D eigenvalue weighted by molar-refractivity contribution is 0.247. The molecule has 0 aromatic heterocycles. The van der Waals surface area contributed by atoms with E-state index in [9.17, 15) is 4.79 Å². The van der Waals surface area contributed by atoms with Crippen molar-refractivity contribution in [2.75, 3.05) is 25.1 Å². The van der Waals surface area contributed by atoms with E-state index in [1.807, 2.05) is 55.5 Å². The van der Waals surface area contributed by atoms with Crippen molar-refractivity contribution >= 4 is 11.7 Å². The normalized spacial score (nSPS) is 10.4. The minimum Gasteiger partial charge on any atom is -0.494 e. The molecule has 2 aromatic carbocycles. The molecular formula is C20H26N2O3. The number of anilines is 1. The van der Waals surface area contributed by atoms with Gasteiger partial charge in [0.15, 0.2) is 0 Å². The summed E-state index contributed by atoms with van der Waals surface area (Å²) in [5, 5.41) is 5.69. The highest BCUT2D eigenvalue weighted by Gasteiger charge is 2.08. The molecule has 5 heteroatoms. The van der Waals surface area contributed by atoms with Gasteiger partial charge in [0.1, 0.15) is 18.1 Å². The van der Waals surface area contributed by atoms with Gasteiger partial charge in [0, 0.05) is 5.69 Å². The van der Waals surface area contributed by atoms with Crippen LogP contribution in [0.2, 0.25) is 0 Å². The quantitative estimate of drug-likeness (QED) is 0.699. The Balaban J connectivity index is 1.74. The summed E-state index contributed by atoms with van der Waals surface area (Å²) in [7, 11) is 0. The second-order valence-corrected chi connectivity index (χ2v) is 5.88. The van der Waals surface area contributed by atoms with E-state index in [0.717, 1.165) is 22.7 Å². The molecule has 0 heterocycles. The van der Waals surface area contributed by atoms with Gasteiger partial charge in [-0.3, -0.25) is 0 Å². The fourth-order valence-corrected chi connectivity index (χ4v) is 2.41. The predicted octanol–water partition coefficient (Wildman–Crippen LogP) is 4.41. The van der Waals surface area contributed by atoms with Crippen molar-refractivity contribution in [3.05, 3.63) is 54.1 Å². The standard InChI is InChI=1S/C20H26N2O3/c1-4-24-16-9-11-17(12-10-16)25-14-13-21-20(23)22-19-8-6-5-7-18(19)15(2)3/h5-12,15H,4,13-14H2,1-3H3,(H2,21,22,23). The third-order valence-electron chi connectivity index (χ3n) is 3.62. The van der Waals surface area contributed by atoms with Gasteiger partial charge in [-0.05, 0) is 48.7 Å². The lowest BCUT2D eigenvalue weighted by Gasteiger charge is -2.14. The summed E-state index contributed by atoms with van der Waals surface area (Å²) in [5.41, 5.74) is 1.95. The van der Waals surface area contributed by atoms with Crippen molar-refractivity contribution in [2.45, 2.75) is 26.7 Å². The van der Waals surface area contributed by atoms with Gasteiger partial charge in [0.25, 0.3) is 0 Å². The first-order valence-corrected chi connectivity index (χ1v) is 8.59. The van der Waals surface area contributed by atoms with Crippen LogP contribution in [0, 0.1) is 0 Å². The van der Waals surface area contributed by atoms with E-state index in [1.165, 1.54) is 0 Å². The summed E-state index contributed by atoms with van der Waals surface area (Å²) < 4.78 is 11.0. The minimum atomic E-state index is -0.233. The molecule has 0 saturated heterocycles. The highest BCUT2D eigenvalue weighted by molar-refractivity contribution is 5.90. The molecule has 0 bridgehead atoms. The maximum Gasteiger partial charge on any atom is 0.319 e. The Morgan fingerprint density at radius 1 is 1.00 bits per heavy atom. The number of urea groups is 1. The molecule has 2 rings (SSSR count). The Kier molecular flexibility index (Phi) is 7.14. The number of para-hydroxylation sites is 1. The van der Waals surface area contributed by atoms with Gasteiger partial charge in [0.05, 0.1) is 13.2 Å². The molecular weight excluding hydrogens is 316 g/mol. The zero-order chi connectivity index (χ0) is 18.1. The lowest BCUT2D eigenvalue weighted by Crippen LogP contribution is -2.32. The largest absolute Gasteiger partial charge is 0.494 e. The van der Waals surface area contributed by atoms with E-state index in [2.05, 4.69) is 24.5 Å². The van der Waals surface area contributed by atoms with Crippen LogP contribution in [-0.2, 0) is 0 Å². The number of benzene rings is 2. The van der Waals surface area contributed by atoms with Crippen LogP contribution in [0.15, 0.2) is 48.5 Å². The monoisotopic (exact) mass is 342 g/mol. The van der Waals surface area contributed by atoms with Crippen molar-refractivity contribution in [2.24, 2.45) is 0 Å². The number of nitrogens with one attached hydrogen (secondary N) is 2. The number of hydrogen-bond acceptors (Lipinski definition) is 3. The molecule has 5 nitrogen and oxygen atoms in total. The van der Waals surface area contributed by atoms with E-state index >= 15 is 0 Å². The van der Waals surface area contributed by atoms with Crippen molar-refractivity contribution in [1.82, 2.24) is 5.32 Å². The van der Waals surface area contributed by atoms with Gasteiger partial charge in [-0.2, -0.15) is 0 Å². The average molecular weight is 342 g/mol. The van der Waals surface area contributed by atoms with Crippen LogP contribution in [0.4, 0.5) is 10.5 Å². The summed E-state index contributed by atoms with van der Waals surface area (Å²) in [5.74, 6) is 1.91. The fraction of sp³-hybridized carbons (Fsp3) is 0.350. The maximum atomic E-state index is 12.0. The van der Waals surface area contributed by atoms with Crippen LogP contribution in [0.5, 0.6) is 11.5 Å². The maximum absolute atomic E-state index is 12.0. The molecule has 0 radical (unpaired) electrons. The van der Waals surface area contributed by atoms with Crippen molar-refractivity contribution in [1.29, 1.82) is 0 Å². The van der Waals surface area contributed by atoms with E-state index in [4.69, 9.17) is 9.47 Å². The van der Waals surface area contributed by atoms with Gasteiger partial charge in [-0.25, -0.2) is 4.79 Å². The van der Waals surface area contributed by atoms with Crippen LogP contribution < -0.4 is 20.1 Å². The van der Waals surface area contributed by atoms with Crippen LogP contribution in [-0.4, -0.2) is 25.8 Å². The summed E-state index contributed by atoms with van der Waals surface area (Å²) in [6, 6.07) is 15.0. The molecule has 0 fully saturated rings. The zero-order valence-electron chi connectivity index (χ0n) is 15.0. The molecule has 0 spiro atoms. The van der Waals surface area contributed by atoms with E-state index in [0.29, 0.717) is 25.7 Å². The first-order chi connectivity index (χ1) is 12.1. The summed E-state index contributed by atoms with van der Waals surface area (Å²) in [6.07, 6.45) is 0. The van der Waals surface area contributed by atoms with Crippen LogP contribution >= 0.6 is 0 Å². The first kappa shape index (κ1) is 18.6. The Labute approximate surface area is 149 Å². The number of rotatable bonds is 8. The highest BCUT2D eigenvalue weighted by atomic mass is 16.5. The number of carbonyl (C=O) groups excluding carboxylic acids is 1. The van der Waals surface area contributed by atoms with E-state index in [-0.39, 0.29) is 6.03 Å². The molecule has 25 heavy (non-hydrogen) atoms. The van der Waals surface area contributed by atoms with E-state index < -0.39 is 0 Å². The molecule has 0 saturated carbocycles. The molecule has 2 amide bonds. The Morgan fingerprint density at radius 2 is 1.64 bits per heavy atom. The average Bonchev–Trinajstić information content (AvgIpc) is 2.60. The summed E-state index contributed by atoms with van der Waals surface area (Å²) in [4.78, 5) is 12.0. The molecule has 0 aliphatic heterocycles. The SMILES string of the molecule is CCOc1ccc(OCCNC(=O)Nc2ccccc2C(C)C)cc1. The number of carbonyl (C=O) groups is 1. The van der Waals surface area contributed by atoms with E-state index in [1.54, 1.807) is 0 Å². The van der Waals surface area contributed by atoms with Gasteiger partial charge in [0.2, 0.25) is 0 Å². The molecule has 2 N–H and O–H groups in total. The number of amides is 2. The number of hydrogen-bond donors (Lipinski definition) is 2. The molecule has 134 valence electrons. The molecule has 0 aliphatic carbocycles. The Morgan fingerprint density at radius 3 is 2.28 bits per heavy atom. The van der Waals surface area contributed by atoms with Crippen molar-refractivity contribution in [3.8, 4) is 11.5 Å². The lowest BCUT2D eigenvalue weighted by atomic mass is 10.0. The van der Waals surface area contributed by atoms with Crippen LogP contribution in [0.3, 0.4) is 0 Å². The summed E-state index contributed by atoms with van der Waals surface area (Å²) >= 11 is 0. The zero-order valence-corrected chi connectivity index (χ0v) is 15.0. The van der Waals surface area contributed by atoms with Crippen molar-refractivity contribution in [3.63, 3.8) is 0 Å². The van der Waals surface area contributed by atoms with Gasteiger partial charge in [-0.1, -0.05) is 32.0 Å². The smallest absolute Gasteiger partial charge is 0.319 e. The Hall–Kier alpha value is -2.69. The fourth-order valence-electron chi connectivity index (χ4n) is 2.41. The molecule has 0 unspecified atom stereocenters. The summed E-state index contributed by atoms with van der Waals surface area (Å²) in [6.45, 7) is 7.60. The highest BCUT2D eigenvalue weighted by Crippen LogP contribution is 2.23. The van der Waals surface area contributed by atoms with Crippen LogP contribution in [0.25, 0.3) is 0 Å². The topological polar surface area (TPSA) is 59.6 Å². The van der Waals surface area contributed by atoms with Gasteiger partial charge in [-0.15, -0.1) is 0 Å². The third-order valence-corrected chi connectivity index (χ3v) is 3.62. The number of ether oxygens (including phenoxy) is 2. The molecule has 0 aliphatic rings. The molecule has 0 atom stereocenters. The van der Waals surface area contributed by atoms with Crippen LogP contribution in [0.1, 0.15) is 32.3 Å². The van der Waals surface area contributed by atoms with Gasteiger partial charge < -0.3 is 20.1 Å². The third kappa shape index (κ3) is 6.03. The first-order valence-electron chi connectivity index (χ1n) is 8.59. The van der Waals surface area contributed by atoms with Crippen molar-refractivity contribution < 1.29 is 14.3 Å². The minimum absolute atomic E-state index is 0.233. The second-order valence-electron chi connectivity index (χ2n) is 5.88. The Bertz CT molecular complexity index is 669. The predicted molar refractivity (Wildman–Crippen MR) is 101 cm³/mol. The molecule has 2 aromatic rings. The second kappa shape index (κ2) is 9.57. The van der Waals surface area contributed by atoms with Gasteiger partial charge >= 0.3 is 6.03 Å².